The van der Waals surface area contributed by atoms with Crippen LogP contribution in [0.1, 0.15) is 11.1 Å². The normalized spacial score (nSPS) is 13.1. The van der Waals surface area contributed by atoms with Gasteiger partial charge in [0.25, 0.3) is 0 Å². The van der Waals surface area contributed by atoms with Gasteiger partial charge in [0.05, 0.1) is 0 Å². The number of rotatable bonds is 7. The predicted octanol–water partition coefficient (Wildman–Crippen LogP) is 1.83. The van der Waals surface area contributed by atoms with Crippen molar-refractivity contribution < 1.29 is 24.5 Å². The first-order chi connectivity index (χ1) is 11.1. The summed E-state index contributed by atoms with van der Waals surface area (Å²) in [6.45, 7) is 0. The van der Waals surface area contributed by atoms with Crippen molar-refractivity contribution in [3.63, 3.8) is 0 Å². The van der Waals surface area contributed by atoms with Gasteiger partial charge in [-0.1, -0.05) is 60.7 Å². The van der Waals surface area contributed by atoms with Crippen LogP contribution in [0, 0.1) is 0 Å². The standard InChI is InChI=1S/C18H18O5/c19-15(11-13-7-3-1-4-8-13)18(22)23-16(17(20)21)12-14-9-5-2-6-10-14/h1-10,15-16,19H,11-12H2,(H,20,21). The van der Waals surface area contributed by atoms with Gasteiger partial charge in [-0.2, -0.15) is 0 Å². The molecule has 0 saturated heterocycles. The van der Waals surface area contributed by atoms with Gasteiger partial charge in [0.1, 0.15) is 0 Å². The summed E-state index contributed by atoms with van der Waals surface area (Å²) in [4.78, 5) is 23.2. The van der Waals surface area contributed by atoms with E-state index in [1.54, 1.807) is 48.5 Å². The minimum absolute atomic E-state index is 0.0555. The van der Waals surface area contributed by atoms with E-state index in [1.807, 2.05) is 12.1 Å². The number of carboxylic acids is 1. The number of carbonyl (C=O) groups excluding carboxylic acids is 1. The maximum Gasteiger partial charge on any atom is 0.345 e. The number of carbonyl (C=O) groups is 2. The first-order valence-corrected chi connectivity index (χ1v) is 7.25. The van der Waals surface area contributed by atoms with Crippen molar-refractivity contribution in [2.45, 2.75) is 25.0 Å². The highest BCUT2D eigenvalue weighted by atomic mass is 16.6. The van der Waals surface area contributed by atoms with Gasteiger partial charge in [0.2, 0.25) is 6.10 Å². The summed E-state index contributed by atoms with van der Waals surface area (Å²) in [6, 6.07) is 17.8. The van der Waals surface area contributed by atoms with Crippen molar-refractivity contribution >= 4 is 11.9 Å². The maximum absolute atomic E-state index is 11.9. The fourth-order valence-electron chi connectivity index (χ4n) is 2.15. The molecule has 2 aromatic carbocycles. The van der Waals surface area contributed by atoms with Crippen molar-refractivity contribution in [3.05, 3.63) is 71.8 Å². The molecule has 0 aliphatic carbocycles. The van der Waals surface area contributed by atoms with E-state index in [-0.39, 0.29) is 12.8 Å². The number of ether oxygens (including phenoxy) is 1. The van der Waals surface area contributed by atoms with Crippen molar-refractivity contribution in [1.82, 2.24) is 0 Å². The number of aliphatic carboxylic acids is 1. The second kappa shape index (κ2) is 8.10. The Morgan fingerprint density at radius 1 is 0.870 bits per heavy atom. The van der Waals surface area contributed by atoms with Gasteiger partial charge in [-0.3, -0.25) is 0 Å². The number of hydrogen-bond donors (Lipinski definition) is 2. The molecule has 2 unspecified atom stereocenters. The van der Waals surface area contributed by atoms with E-state index >= 15 is 0 Å². The summed E-state index contributed by atoms with van der Waals surface area (Å²) < 4.78 is 4.96. The highest BCUT2D eigenvalue weighted by Crippen LogP contribution is 2.10. The maximum atomic E-state index is 11.9. The third-order valence-electron chi connectivity index (χ3n) is 3.34. The lowest BCUT2D eigenvalue weighted by Crippen LogP contribution is -2.35. The zero-order valence-electron chi connectivity index (χ0n) is 12.5. The highest BCUT2D eigenvalue weighted by Gasteiger charge is 2.26. The molecule has 23 heavy (non-hydrogen) atoms. The molecule has 0 aromatic heterocycles. The van der Waals surface area contributed by atoms with Gasteiger partial charge >= 0.3 is 11.9 Å². The summed E-state index contributed by atoms with van der Waals surface area (Å²) in [5, 5.41) is 19.1. The third kappa shape index (κ3) is 5.23. The molecule has 0 radical (unpaired) electrons. The molecule has 2 aromatic rings. The molecule has 0 aliphatic rings. The number of carboxylic acid groups (broad SMARTS) is 1. The molecule has 0 saturated carbocycles. The van der Waals surface area contributed by atoms with Crippen molar-refractivity contribution in [2.24, 2.45) is 0 Å². The minimum atomic E-state index is -1.39. The van der Waals surface area contributed by atoms with E-state index in [1.165, 1.54) is 0 Å². The van der Waals surface area contributed by atoms with Crippen LogP contribution >= 0.6 is 0 Å². The summed E-state index contributed by atoms with van der Waals surface area (Å²) >= 11 is 0. The SMILES string of the molecule is O=C(OC(Cc1ccccc1)C(=O)O)C(O)Cc1ccccc1. The second-order valence-electron chi connectivity index (χ2n) is 5.16. The molecule has 120 valence electrons. The van der Waals surface area contributed by atoms with Crippen molar-refractivity contribution in [1.29, 1.82) is 0 Å². The Morgan fingerprint density at radius 2 is 1.35 bits per heavy atom. The Morgan fingerprint density at radius 3 is 1.83 bits per heavy atom. The number of aliphatic hydroxyl groups is 1. The molecular weight excluding hydrogens is 296 g/mol. The first kappa shape index (κ1) is 16.7. The fraction of sp³-hybridized carbons (Fsp3) is 0.222. The lowest BCUT2D eigenvalue weighted by atomic mass is 10.1. The Balaban J connectivity index is 1.96. The van der Waals surface area contributed by atoms with E-state index in [2.05, 4.69) is 0 Å². The van der Waals surface area contributed by atoms with Crippen molar-refractivity contribution in [3.8, 4) is 0 Å². The van der Waals surface area contributed by atoms with E-state index in [4.69, 9.17) is 4.74 Å². The van der Waals surface area contributed by atoms with E-state index in [0.29, 0.717) is 0 Å². The van der Waals surface area contributed by atoms with Gasteiger partial charge in [-0.25, -0.2) is 9.59 Å². The van der Waals surface area contributed by atoms with Crippen LogP contribution in [0.3, 0.4) is 0 Å². The van der Waals surface area contributed by atoms with Crippen LogP contribution in [0.5, 0.6) is 0 Å². The van der Waals surface area contributed by atoms with E-state index in [0.717, 1.165) is 11.1 Å². The summed E-state index contributed by atoms with van der Waals surface area (Å²) in [5.41, 5.74) is 1.51. The third-order valence-corrected chi connectivity index (χ3v) is 3.34. The monoisotopic (exact) mass is 314 g/mol. The van der Waals surface area contributed by atoms with Crippen molar-refractivity contribution in [2.75, 3.05) is 0 Å². The van der Waals surface area contributed by atoms with Gasteiger partial charge in [0.15, 0.2) is 6.10 Å². The van der Waals surface area contributed by atoms with Crippen LogP contribution in [0.25, 0.3) is 0 Å². The number of benzene rings is 2. The Bertz CT molecular complexity index is 639. The summed E-state index contributed by atoms with van der Waals surface area (Å²) in [6.07, 6.45) is -2.58. The largest absolute Gasteiger partial charge is 0.478 e. The molecule has 2 atom stereocenters. The van der Waals surface area contributed by atoms with Crippen LogP contribution in [-0.4, -0.2) is 34.4 Å². The summed E-state index contributed by atoms with van der Waals surface area (Å²) in [7, 11) is 0. The van der Waals surface area contributed by atoms with Crippen LogP contribution < -0.4 is 0 Å². The number of hydrogen-bond acceptors (Lipinski definition) is 4. The molecule has 0 bridgehead atoms. The molecule has 0 fully saturated rings. The number of aliphatic hydroxyl groups excluding tert-OH is 1. The lowest BCUT2D eigenvalue weighted by Gasteiger charge is -2.16. The molecule has 5 nitrogen and oxygen atoms in total. The van der Waals surface area contributed by atoms with Gasteiger partial charge < -0.3 is 14.9 Å². The Hall–Kier alpha value is -2.66. The van der Waals surface area contributed by atoms with Crippen LogP contribution in [0.15, 0.2) is 60.7 Å². The van der Waals surface area contributed by atoms with E-state index < -0.39 is 24.1 Å². The summed E-state index contributed by atoms with van der Waals surface area (Å²) in [5.74, 6) is -2.17. The molecule has 0 spiro atoms. The Kier molecular flexibility index (Phi) is 5.88. The zero-order valence-corrected chi connectivity index (χ0v) is 12.5. The molecular formula is C18H18O5. The molecule has 2 rings (SSSR count). The molecule has 5 heteroatoms. The highest BCUT2D eigenvalue weighted by molar-refractivity contribution is 5.80. The minimum Gasteiger partial charge on any atom is -0.478 e. The zero-order chi connectivity index (χ0) is 16.7. The molecule has 2 N–H and O–H groups in total. The Labute approximate surface area is 134 Å². The second-order valence-corrected chi connectivity index (χ2v) is 5.16. The molecule has 0 amide bonds. The van der Waals surface area contributed by atoms with Gasteiger partial charge in [-0.15, -0.1) is 0 Å². The lowest BCUT2D eigenvalue weighted by molar-refractivity contribution is -0.170. The van der Waals surface area contributed by atoms with Crippen LogP contribution in [0.2, 0.25) is 0 Å². The average Bonchev–Trinajstić information content (AvgIpc) is 2.56. The number of esters is 1. The topological polar surface area (TPSA) is 83.8 Å². The molecule has 0 aliphatic heterocycles. The average molecular weight is 314 g/mol. The first-order valence-electron chi connectivity index (χ1n) is 7.25. The van der Waals surface area contributed by atoms with Crippen LogP contribution in [0.4, 0.5) is 0 Å². The molecule has 0 heterocycles. The predicted molar refractivity (Wildman–Crippen MR) is 83.8 cm³/mol. The van der Waals surface area contributed by atoms with E-state index in [9.17, 15) is 19.8 Å². The van der Waals surface area contributed by atoms with Gasteiger partial charge in [0, 0.05) is 12.8 Å². The van der Waals surface area contributed by atoms with Gasteiger partial charge in [-0.05, 0) is 11.1 Å². The fourth-order valence-corrected chi connectivity index (χ4v) is 2.15. The van der Waals surface area contributed by atoms with Crippen LogP contribution in [-0.2, 0) is 27.2 Å². The smallest absolute Gasteiger partial charge is 0.345 e. The quantitative estimate of drug-likeness (QED) is 0.762.